The standard InChI is InChI=1S/C88H172O17P2/c1-8-9-10-11-12-13-14-15-24-32-37-42-49-57-64-71-88(93)105-84(76-99-86(91)70-63-56-51-44-47-54-61-68-81(6)7)78-103-107(96,97)101-74-82(89)73-100-106(94,95)102-77-83(104-87(92)72-65-58-50-43-38-33-28-23-19-17-21-26-30-35-40-46-53-60-67-80(4)5)75-98-85(90)69-62-55-48-41-36-31-27-22-18-16-20-25-29-34-39-45-52-59-66-79(2)3/h79-84,89H,8-78H2,1-7H3,(H,94,95)(H,96,97)/t82-,83-,84-/m1/s1. The molecular weight excluding hydrogens is 1390 g/mol. The maximum Gasteiger partial charge on any atom is 0.472 e. The van der Waals surface area contributed by atoms with Gasteiger partial charge in [-0.15, -0.1) is 0 Å². The van der Waals surface area contributed by atoms with Crippen molar-refractivity contribution >= 4 is 39.5 Å². The predicted octanol–water partition coefficient (Wildman–Crippen LogP) is 26.9. The number of rotatable bonds is 86. The average Bonchev–Trinajstić information content (AvgIpc) is 0.901. The smallest absolute Gasteiger partial charge is 0.462 e. The van der Waals surface area contributed by atoms with E-state index in [2.05, 4.69) is 48.5 Å². The number of esters is 4. The van der Waals surface area contributed by atoms with Crippen LogP contribution in [0.15, 0.2) is 0 Å². The molecule has 3 N–H and O–H groups in total. The van der Waals surface area contributed by atoms with Crippen LogP contribution in [-0.2, 0) is 65.4 Å². The minimum Gasteiger partial charge on any atom is -0.462 e. The Morgan fingerprint density at radius 3 is 0.636 bits per heavy atom. The van der Waals surface area contributed by atoms with E-state index in [-0.39, 0.29) is 25.7 Å². The summed E-state index contributed by atoms with van der Waals surface area (Å²) >= 11 is 0. The largest absolute Gasteiger partial charge is 0.472 e. The van der Waals surface area contributed by atoms with Crippen molar-refractivity contribution in [3.8, 4) is 0 Å². The third-order valence-corrected chi connectivity index (χ3v) is 22.5. The van der Waals surface area contributed by atoms with Gasteiger partial charge in [0.15, 0.2) is 12.2 Å². The van der Waals surface area contributed by atoms with E-state index in [0.29, 0.717) is 31.6 Å². The third-order valence-electron chi connectivity index (χ3n) is 20.6. The second-order valence-electron chi connectivity index (χ2n) is 33.1. The molecule has 2 unspecified atom stereocenters. The highest BCUT2D eigenvalue weighted by Crippen LogP contribution is 2.45. The Hall–Kier alpha value is -1.94. The predicted molar refractivity (Wildman–Crippen MR) is 441 cm³/mol. The fourth-order valence-electron chi connectivity index (χ4n) is 13.7. The second-order valence-corrected chi connectivity index (χ2v) is 36.0. The summed E-state index contributed by atoms with van der Waals surface area (Å²) in [6.45, 7) is 12.0. The van der Waals surface area contributed by atoms with E-state index in [1.165, 1.54) is 270 Å². The fraction of sp³-hybridized carbons (Fsp3) is 0.955. The number of carbonyl (C=O) groups excluding carboxylic acids is 4. The summed E-state index contributed by atoms with van der Waals surface area (Å²) in [6, 6.07) is 0. The van der Waals surface area contributed by atoms with Gasteiger partial charge < -0.3 is 33.8 Å². The van der Waals surface area contributed by atoms with Crippen molar-refractivity contribution in [2.75, 3.05) is 39.6 Å². The molecule has 0 radical (unpaired) electrons. The molecule has 0 aliphatic carbocycles. The van der Waals surface area contributed by atoms with Crippen LogP contribution < -0.4 is 0 Å². The van der Waals surface area contributed by atoms with Crippen molar-refractivity contribution in [3.05, 3.63) is 0 Å². The molecule has 0 saturated heterocycles. The molecule has 5 atom stereocenters. The number of hydrogen-bond donors (Lipinski definition) is 3. The molecule has 17 nitrogen and oxygen atoms in total. The first-order valence-electron chi connectivity index (χ1n) is 45.3. The maximum absolute atomic E-state index is 13.2. The van der Waals surface area contributed by atoms with Gasteiger partial charge in [-0.25, -0.2) is 9.13 Å². The van der Waals surface area contributed by atoms with Crippen LogP contribution in [0.25, 0.3) is 0 Å². The van der Waals surface area contributed by atoms with E-state index in [4.69, 9.17) is 37.0 Å². The van der Waals surface area contributed by atoms with Crippen molar-refractivity contribution in [3.63, 3.8) is 0 Å². The molecule has 0 aromatic carbocycles. The van der Waals surface area contributed by atoms with Crippen LogP contribution in [-0.4, -0.2) is 96.7 Å². The first-order chi connectivity index (χ1) is 51.7. The van der Waals surface area contributed by atoms with Crippen LogP contribution in [0.4, 0.5) is 0 Å². The Bertz CT molecular complexity index is 2060. The summed E-state index contributed by atoms with van der Waals surface area (Å²) in [5, 5.41) is 10.7. The SMILES string of the molecule is CCCCCCCCCCCCCCCCCC(=O)O[C@H](COC(=O)CCCCCCCCCC(C)C)COP(=O)(O)OC[C@H](O)COP(=O)(O)OC[C@@H](COC(=O)CCCCCCCCCCCCCCCCCCCCC(C)C)OC(=O)CCCCCCCCCCCCCCCCCCCCC(C)C. The zero-order valence-electron chi connectivity index (χ0n) is 70.6. The Morgan fingerprint density at radius 2 is 0.430 bits per heavy atom. The molecule has 0 saturated carbocycles. The first kappa shape index (κ1) is 105. The Labute approximate surface area is 658 Å². The zero-order valence-corrected chi connectivity index (χ0v) is 72.4. The van der Waals surface area contributed by atoms with E-state index >= 15 is 0 Å². The van der Waals surface area contributed by atoms with Crippen LogP contribution in [0.2, 0.25) is 0 Å². The minimum absolute atomic E-state index is 0.107. The topological polar surface area (TPSA) is 237 Å². The maximum atomic E-state index is 13.2. The quantitative estimate of drug-likeness (QED) is 0.0222. The normalized spacial score (nSPS) is 13.8. The van der Waals surface area contributed by atoms with Gasteiger partial charge in [0.2, 0.25) is 0 Å². The van der Waals surface area contributed by atoms with Gasteiger partial charge in [0.1, 0.15) is 19.3 Å². The van der Waals surface area contributed by atoms with Crippen LogP contribution >= 0.6 is 15.6 Å². The molecule has 0 aliphatic rings. The number of ether oxygens (including phenoxy) is 4. The molecular formula is C88H172O17P2. The molecule has 0 aromatic heterocycles. The second kappa shape index (κ2) is 78.0. The van der Waals surface area contributed by atoms with Gasteiger partial charge in [-0.1, -0.05) is 414 Å². The summed E-state index contributed by atoms with van der Waals surface area (Å²) in [5.41, 5.74) is 0. The highest BCUT2D eigenvalue weighted by atomic mass is 31.2. The van der Waals surface area contributed by atoms with Gasteiger partial charge in [-0.3, -0.25) is 37.3 Å². The number of phosphoric acid groups is 2. The lowest BCUT2D eigenvalue weighted by atomic mass is 10.0. The van der Waals surface area contributed by atoms with Crippen molar-refractivity contribution in [1.29, 1.82) is 0 Å². The highest BCUT2D eigenvalue weighted by molar-refractivity contribution is 7.47. The zero-order chi connectivity index (χ0) is 78.6. The van der Waals surface area contributed by atoms with E-state index in [1.807, 2.05) is 0 Å². The minimum atomic E-state index is -4.97. The van der Waals surface area contributed by atoms with E-state index in [9.17, 15) is 43.2 Å². The first-order valence-corrected chi connectivity index (χ1v) is 48.3. The molecule has 0 bridgehead atoms. The molecule has 0 amide bonds. The molecule has 0 fully saturated rings. The third kappa shape index (κ3) is 81.9. The summed E-state index contributed by atoms with van der Waals surface area (Å²) < 4.78 is 68.9. The van der Waals surface area contributed by atoms with E-state index < -0.39 is 97.5 Å². The molecule has 19 heteroatoms. The number of carbonyl (C=O) groups is 4. The lowest BCUT2D eigenvalue weighted by Gasteiger charge is -2.21. The van der Waals surface area contributed by atoms with Crippen molar-refractivity contribution in [1.82, 2.24) is 0 Å². The van der Waals surface area contributed by atoms with Gasteiger partial charge in [0.05, 0.1) is 26.4 Å². The van der Waals surface area contributed by atoms with Crippen molar-refractivity contribution < 1.29 is 80.2 Å². The Morgan fingerprint density at radius 1 is 0.252 bits per heavy atom. The lowest BCUT2D eigenvalue weighted by molar-refractivity contribution is -0.161. The Kier molecular flexibility index (Phi) is 76.6. The molecule has 0 heterocycles. The lowest BCUT2D eigenvalue weighted by Crippen LogP contribution is -2.30. The fourth-order valence-corrected chi connectivity index (χ4v) is 15.3. The average molecular weight is 1560 g/mol. The summed E-state index contributed by atoms with van der Waals surface area (Å²) in [4.78, 5) is 73.3. The highest BCUT2D eigenvalue weighted by Gasteiger charge is 2.31. The van der Waals surface area contributed by atoms with E-state index in [1.54, 1.807) is 0 Å². The van der Waals surface area contributed by atoms with Crippen LogP contribution in [0, 0.1) is 17.8 Å². The number of unbranched alkanes of at least 4 members (excludes halogenated alkanes) is 54. The summed E-state index contributed by atoms with van der Waals surface area (Å²) in [5.74, 6) is 0.246. The number of aliphatic hydroxyl groups excluding tert-OH is 1. The molecule has 0 rings (SSSR count). The molecule has 636 valence electrons. The van der Waals surface area contributed by atoms with Gasteiger partial charge in [-0.2, -0.15) is 0 Å². The summed E-state index contributed by atoms with van der Waals surface area (Å²) in [6.07, 6.45) is 69.6. The van der Waals surface area contributed by atoms with Gasteiger partial charge >= 0.3 is 39.5 Å². The Balaban J connectivity index is 5.21. The van der Waals surface area contributed by atoms with Crippen LogP contribution in [0.3, 0.4) is 0 Å². The van der Waals surface area contributed by atoms with Gasteiger partial charge in [0.25, 0.3) is 0 Å². The van der Waals surface area contributed by atoms with Crippen molar-refractivity contribution in [2.24, 2.45) is 17.8 Å². The number of phosphoric ester groups is 2. The molecule has 107 heavy (non-hydrogen) atoms. The molecule has 0 spiro atoms. The number of aliphatic hydroxyl groups is 1. The molecule has 0 aliphatic heterocycles. The van der Waals surface area contributed by atoms with E-state index in [0.717, 1.165) is 108 Å². The monoisotopic (exact) mass is 1560 g/mol. The summed E-state index contributed by atoms with van der Waals surface area (Å²) in [7, 11) is -9.93. The van der Waals surface area contributed by atoms with Crippen molar-refractivity contribution in [2.45, 2.75) is 484 Å². The van der Waals surface area contributed by atoms with Gasteiger partial charge in [-0.05, 0) is 43.4 Å². The molecule has 0 aromatic rings. The van der Waals surface area contributed by atoms with Crippen LogP contribution in [0.5, 0.6) is 0 Å². The van der Waals surface area contributed by atoms with Crippen LogP contribution in [0.1, 0.15) is 466 Å². The van der Waals surface area contributed by atoms with Gasteiger partial charge in [0, 0.05) is 25.7 Å². The number of hydrogen-bond acceptors (Lipinski definition) is 15.